The fourth-order valence-corrected chi connectivity index (χ4v) is 2.07. The van der Waals surface area contributed by atoms with Gasteiger partial charge >= 0.3 is 0 Å². The Morgan fingerprint density at radius 1 is 1.17 bits per heavy atom. The molecule has 1 amide bonds. The Labute approximate surface area is 133 Å². The average molecular weight is 312 g/mol. The summed E-state index contributed by atoms with van der Waals surface area (Å²) in [5.74, 6) is 0.896. The number of nitrogens with one attached hydrogen (secondary N) is 1. The lowest BCUT2D eigenvalue weighted by molar-refractivity contribution is 0.0951. The maximum Gasteiger partial charge on any atom is 0.252 e. The zero-order valence-electron chi connectivity index (χ0n) is 12.8. The van der Waals surface area contributed by atoms with Crippen molar-refractivity contribution in [2.45, 2.75) is 6.54 Å². The van der Waals surface area contributed by atoms with Gasteiger partial charge in [-0.2, -0.15) is 0 Å². The van der Waals surface area contributed by atoms with Gasteiger partial charge in [0.1, 0.15) is 0 Å². The third-order valence-corrected chi connectivity index (χ3v) is 3.20. The van der Waals surface area contributed by atoms with E-state index in [1.165, 1.54) is 0 Å². The molecular formula is C16H16N4O3. The molecule has 118 valence electrons. The van der Waals surface area contributed by atoms with Gasteiger partial charge in [-0.15, -0.1) is 0 Å². The Balaban J connectivity index is 2.12. The lowest BCUT2D eigenvalue weighted by Gasteiger charge is -2.11. The van der Waals surface area contributed by atoms with E-state index in [2.05, 4.69) is 15.3 Å². The van der Waals surface area contributed by atoms with Crippen LogP contribution in [0, 0.1) is 0 Å². The number of carbonyl (C=O) groups excluding carboxylic acids is 1. The molecule has 0 unspecified atom stereocenters. The molecule has 7 heteroatoms. The van der Waals surface area contributed by atoms with Crippen LogP contribution in [0.5, 0.6) is 11.5 Å². The van der Waals surface area contributed by atoms with Crippen molar-refractivity contribution in [2.24, 2.45) is 5.11 Å². The first kappa shape index (κ1) is 16.2. The molecule has 0 aliphatic rings. The summed E-state index contributed by atoms with van der Waals surface area (Å²) in [4.78, 5) is 15.0. The van der Waals surface area contributed by atoms with Crippen molar-refractivity contribution >= 4 is 11.6 Å². The normalized spacial score (nSPS) is 9.65. The summed E-state index contributed by atoms with van der Waals surface area (Å²) in [5.41, 5.74) is 10.0. The number of benzene rings is 2. The van der Waals surface area contributed by atoms with Crippen LogP contribution in [0.4, 0.5) is 5.69 Å². The molecule has 0 radical (unpaired) electrons. The predicted octanol–water partition coefficient (Wildman–Crippen LogP) is 3.58. The molecule has 0 atom stereocenters. The Bertz CT molecular complexity index is 755. The molecule has 1 N–H and O–H groups in total. The van der Waals surface area contributed by atoms with Gasteiger partial charge in [-0.25, -0.2) is 0 Å². The number of nitrogens with zero attached hydrogens (tertiary/aromatic N) is 3. The van der Waals surface area contributed by atoms with Gasteiger partial charge in [0.15, 0.2) is 11.5 Å². The fraction of sp³-hybridized carbons (Fsp3) is 0.188. The molecule has 0 saturated carbocycles. The van der Waals surface area contributed by atoms with Crippen LogP contribution < -0.4 is 14.8 Å². The summed E-state index contributed by atoms with van der Waals surface area (Å²) in [5, 5.41) is 6.30. The second kappa shape index (κ2) is 7.72. The number of hydrogen-bond donors (Lipinski definition) is 1. The number of amides is 1. The minimum Gasteiger partial charge on any atom is -0.493 e. The van der Waals surface area contributed by atoms with Crippen molar-refractivity contribution < 1.29 is 14.3 Å². The van der Waals surface area contributed by atoms with E-state index >= 15 is 0 Å². The molecule has 0 bridgehead atoms. The van der Waals surface area contributed by atoms with Crippen LogP contribution in [0.1, 0.15) is 15.9 Å². The van der Waals surface area contributed by atoms with Crippen molar-refractivity contribution in [1.29, 1.82) is 0 Å². The average Bonchev–Trinajstić information content (AvgIpc) is 2.60. The summed E-state index contributed by atoms with van der Waals surface area (Å²) in [6, 6.07) is 12.0. The van der Waals surface area contributed by atoms with Crippen LogP contribution in [0.3, 0.4) is 0 Å². The lowest BCUT2D eigenvalue weighted by atomic mass is 10.1. The van der Waals surface area contributed by atoms with Gasteiger partial charge in [0.2, 0.25) is 0 Å². The smallest absolute Gasteiger partial charge is 0.252 e. The van der Waals surface area contributed by atoms with Crippen molar-refractivity contribution in [3.05, 3.63) is 64.0 Å². The largest absolute Gasteiger partial charge is 0.493 e. The maximum atomic E-state index is 12.2. The predicted molar refractivity (Wildman–Crippen MR) is 86.0 cm³/mol. The van der Waals surface area contributed by atoms with Crippen molar-refractivity contribution in [1.82, 2.24) is 5.32 Å². The standard InChI is InChI=1S/C16H16N4O3/c1-22-14-8-7-11(9-15(14)23-2)10-18-16(21)12-5-3-4-6-13(12)19-20-17/h3-9H,10H2,1-2H3,(H,18,21). The van der Waals surface area contributed by atoms with Gasteiger partial charge in [-0.1, -0.05) is 29.4 Å². The van der Waals surface area contributed by atoms with Gasteiger partial charge in [0.25, 0.3) is 5.91 Å². The minimum atomic E-state index is -0.317. The Morgan fingerprint density at radius 2 is 1.91 bits per heavy atom. The lowest BCUT2D eigenvalue weighted by Crippen LogP contribution is -2.22. The minimum absolute atomic E-state index is 0.291. The topological polar surface area (TPSA) is 96.3 Å². The van der Waals surface area contributed by atoms with E-state index in [0.29, 0.717) is 29.3 Å². The van der Waals surface area contributed by atoms with E-state index in [9.17, 15) is 4.79 Å². The monoisotopic (exact) mass is 312 g/mol. The van der Waals surface area contributed by atoms with Crippen LogP contribution in [-0.2, 0) is 6.54 Å². The van der Waals surface area contributed by atoms with Gasteiger partial charge < -0.3 is 14.8 Å². The van der Waals surface area contributed by atoms with E-state index in [1.807, 2.05) is 6.07 Å². The molecule has 0 heterocycles. The SMILES string of the molecule is COc1ccc(CNC(=O)c2ccccc2N=[N+]=[N-])cc1OC. The third kappa shape index (κ3) is 3.93. The first-order valence-electron chi connectivity index (χ1n) is 6.82. The summed E-state index contributed by atoms with van der Waals surface area (Å²) >= 11 is 0. The highest BCUT2D eigenvalue weighted by atomic mass is 16.5. The second-order valence-electron chi connectivity index (χ2n) is 4.58. The van der Waals surface area contributed by atoms with Gasteiger partial charge in [-0.3, -0.25) is 4.79 Å². The Kier molecular flexibility index (Phi) is 5.44. The molecule has 0 fully saturated rings. The summed E-state index contributed by atoms with van der Waals surface area (Å²) in [6.07, 6.45) is 0. The van der Waals surface area contributed by atoms with Crippen LogP contribution in [-0.4, -0.2) is 20.1 Å². The zero-order chi connectivity index (χ0) is 16.7. The third-order valence-electron chi connectivity index (χ3n) is 3.20. The van der Waals surface area contributed by atoms with E-state index in [1.54, 1.807) is 50.6 Å². The number of azide groups is 1. The van der Waals surface area contributed by atoms with E-state index in [-0.39, 0.29) is 5.91 Å². The van der Waals surface area contributed by atoms with Crippen LogP contribution in [0.15, 0.2) is 47.6 Å². The second-order valence-corrected chi connectivity index (χ2v) is 4.58. The van der Waals surface area contributed by atoms with Crippen LogP contribution in [0.25, 0.3) is 10.4 Å². The van der Waals surface area contributed by atoms with Gasteiger partial charge in [0.05, 0.1) is 19.9 Å². The molecule has 0 saturated heterocycles. The molecule has 0 aromatic heterocycles. The van der Waals surface area contributed by atoms with E-state index < -0.39 is 0 Å². The molecule has 2 aromatic carbocycles. The number of ether oxygens (including phenoxy) is 2. The number of carbonyl (C=O) groups is 1. The maximum absolute atomic E-state index is 12.2. The summed E-state index contributed by atoms with van der Waals surface area (Å²) in [7, 11) is 3.11. The van der Waals surface area contributed by atoms with Crippen molar-refractivity contribution in [3.63, 3.8) is 0 Å². The summed E-state index contributed by atoms with van der Waals surface area (Å²) in [6.45, 7) is 0.309. The highest BCUT2D eigenvalue weighted by Crippen LogP contribution is 2.27. The van der Waals surface area contributed by atoms with Crippen molar-refractivity contribution in [3.8, 4) is 11.5 Å². The zero-order valence-corrected chi connectivity index (χ0v) is 12.8. The summed E-state index contributed by atoms with van der Waals surface area (Å²) < 4.78 is 10.4. The molecular weight excluding hydrogens is 296 g/mol. The molecule has 23 heavy (non-hydrogen) atoms. The van der Waals surface area contributed by atoms with Crippen LogP contribution in [0.2, 0.25) is 0 Å². The Hall–Kier alpha value is -3.18. The molecule has 0 aliphatic heterocycles. The van der Waals surface area contributed by atoms with E-state index in [0.717, 1.165) is 5.56 Å². The van der Waals surface area contributed by atoms with Crippen LogP contribution >= 0.6 is 0 Å². The molecule has 2 aromatic rings. The highest BCUT2D eigenvalue weighted by molar-refractivity contribution is 5.98. The van der Waals surface area contributed by atoms with Crippen molar-refractivity contribution in [2.75, 3.05) is 14.2 Å². The quantitative estimate of drug-likeness (QED) is 0.501. The first-order valence-corrected chi connectivity index (χ1v) is 6.82. The van der Waals surface area contributed by atoms with Gasteiger partial charge in [0, 0.05) is 17.0 Å². The fourth-order valence-electron chi connectivity index (χ4n) is 2.07. The number of hydrogen-bond acceptors (Lipinski definition) is 4. The molecule has 0 spiro atoms. The van der Waals surface area contributed by atoms with Gasteiger partial charge in [-0.05, 0) is 29.3 Å². The molecule has 0 aliphatic carbocycles. The Morgan fingerprint density at radius 3 is 2.61 bits per heavy atom. The van der Waals surface area contributed by atoms with E-state index in [4.69, 9.17) is 15.0 Å². The molecule has 7 nitrogen and oxygen atoms in total. The number of methoxy groups -OCH3 is 2. The molecule has 2 rings (SSSR count). The highest BCUT2D eigenvalue weighted by Gasteiger charge is 2.10. The number of rotatable bonds is 6. The first-order chi connectivity index (χ1) is 11.2.